The second-order valence-corrected chi connectivity index (χ2v) is 7.54. The summed E-state index contributed by atoms with van der Waals surface area (Å²) in [6.07, 6.45) is -1.94. The number of ether oxygens (including phenoxy) is 2. The lowest BCUT2D eigenvalue weighted by Crippen LogP contribution is -2.68. The van der Waals surface area contributed by atoms with Gasteiger partial charge in [0.05, 0.1) is 31.3 Å². The number of nitrogens with one attached hydrogen (secondary N) is 2. The van der Waals surface area contributed by atoms with Crippen molar-refractivity contribution in [2.75, 3.05) is 6.54 Å². The summed E-state index contributed by atoms with van der Waals surface area (Å²) >= 11 is 0. The zero-order chi connectivity index (χ0) is 24.3. The number of carbonyl (C=O) groups is 2. The third kappa shape index (κ3) is 6.47. The number of azide groups is 2. The summed E-state index contributed by atoms with van der Waals surface area (Å²) in [6.45, 7) is 1.30. The van der Waals surface area contributed by atoms with Crippen molar-refractivity contribution in [2.45, 2.75) is 44.1 Å². The van der Waals surface area contributed by atoms with E-state index in [-0.39, 0.29) is 13.2 Å². The molecule has 1 aliphatic rings. The first-order valence-corrected chi connectivity index (χ1v) is 10.5. The second kappa shape index (κ2) is 12.2. The predicted molar refractivity (Wildman–Crippen MR) is 122 cm³/mol. The fourth-order valence-electron chi connectivity index (χ4n) is 3.71. The molecule has 34 heavy (non-hydrogen) atoms. The average molecular weight is 464 g/mol. The van der Waals surface area contributed by atoms with E-state index < -0.39 is 42.3 Å². The van der Waals surface area contributed by atoms with E-state index in [1.165, 1.54) is 6.92 Å². The molecule has 0 bridgehead atoms. The summed E-state index contributed by atoms with van der Waals surface area (Å²) in [5.41, 5.74) is 19.2. The Hall–Kier alpha value is -4.08. The SMILES string of the molecule is CC(=O)N[C@@H]1[C@H](OCc2ccccc2)O[C@@H](CN=[N+]=[N-])[C@H](N=[N+]=[N-])[C@@H]1NC(=O)c1ccccc1. The van der Waals surface area contributed by atoms with E-state index in [0.29, 0.717) is 5.56 Å². The highest BCUT2D eigenvalue weighted by atomic mass is 16.7. The number of nitrogens with zero attached hydrogens (tertiary/aromatic N) is 6. The Bertz CT molecular complexity index is 1070. The van der Waals surface area contributed by atoms with E-state index in [4.69, 9.17) is 15.0 Å². The van der Waals surface area contributed by atoms with Gasteiger partial charge in [-0.15, -0.1) is 0 Å². The van der Waals surface area contributed by atoms with Gasteiger partial charge in [-0.05, 0) is 28.8 Å². The maximum Gasteiger partial charge on any atom is 0.251 e. The molecule has 0 spiro atoms. The van der Waals surface area contributed by atoms with Gasteiger partial charge in [-0.1, -0.05) is 58.8 Å². The molecule has 12 nitrogen and oxygen atoms in total. The molecule has 0 aromatic heterocycles. The van der Waals surface area contributed by atoms with Crippen molar-refractivity contribution in [3.8, 4) is 0 Å². The summed E-state index contributed by atoms with van der Waals surface area (Å²) in [5, 5.41) is 13.0. The van der Waals surface area contributed by atoms with Gasteiger partial charge >= 0.3 is 0 Å². The van der Waals surface area contributed by atoms with Crippen LogP contribution in [0.2, 0.25) is 0 Å². The van der Waals surface area contributed by atoms with Crippen LogP contribution in [-0.4, -0.2) is 48.9 Å². The number of rotatable bonds is 9. The molecule has 0 unspecified atom stereocenters. The van der Waals surface area contributed by atoms with Crippen molar-refractivity contribution in [1.82, 2.24) is 10.6 Å². The van der Waals surface area contributed by atoms with Crippen LogP contribution in [0.1, 0.15) is 22.8 Å². The van der Waals surface area contributed by atoms with Gasteiger partial charge in [-0.2, -0.15) is 0 Å². The topological polar surface area (TPSA) is 174 Å². The minimum atomic E-state index is -1.03. The highest BCUT2D eigenvalue weighted by molar-refractivity contribution is 5.94. The highest BCUT2D eigenvalue weighted by Gasteiger charge is 2.47. The lowest BCUT2D eigenvalue weighted by Gasteiger charge is -2.45. The van der Waals surface area contributed by atoms with Gasteiger partial charge in [-0.3, -0.25) is 9.59 Å². The number of hydrogen-bond donors (Lipinski definition) is 2. The molecule has 2 aromatic rings. The molecule has 1 fully saturated rings. The fourth-order valence-corrected chi connectivity index (χ4v) is 3.71. The zero-order valence-corrected chi connectivity index (χ0v) is 18.4. The predicted octanol–water partition coefficient (Wildman–Crippen LogP) is 3.22. The Balaban J connectivity index is 1.95. The first-order valence-electron chi connectivity index (χ1n) is 10.5. The van der Waals surface area contributed by atoms with Crippen LogP contribution in [0.4, 0.5) is 0 Å². The Labute approximate surface area is 195 Å². The minimum absolute atomic E-state index is 0.154. The molecule has 3 rings (SSSR count). The monoisotopic (exact) mass is 464 g/mol. The van der Waals surface area contributed by atoms with Gasteiger partial charge in [0.1, 0.15) is 6.04 Å². The van der Waals surface area contributed by atoms with Gasteiger partial charge in [0, 0.05) is 22.3 Å². The Morgan fingerprint density at radius 2 is 1.68 bits per heavy atom. The van der Waals surface area contributed by atoms with Crippen LogP contribution in [0.15, 0.2) is 70.9 Å². The van der Waals surface area contributed by atoms with Crippen LogP contribution in [0, 0.1) is 0 Å². The normalized spacial score (nSPS) is 23.6. The van der Waals surface area contributed by atoms with Gasteiger partial charge in [-0.25, -0.2) is 0 Å². The highest BCUT2D eigenvalue weighted by Crippen LogP contribution is 2.26. The second-order valence-electron chi connectivity index (χ2n) is 7.54. The summed E-state index contributed by atoms with van der Waals surface area (Å²) in [7, 11) is 0. The van der Waals surface area contributed by atoms with Gasteiger partial charge in [0.25, 0.3) is 5.91 Å². The Kier molecular flexibility index (Phi) is 8.84. The molecule has 1 aliphatic heterocycles. The van der Waals surface area contributed by atoms with Crippen LogP contribution >= 0.6 is 0 Å². The lowest BCUT2D eigenvalue weighted by molar-refractivity contribution is -0.221. The third-order valence-corrected chi connectivity index (χ3v) is 5.21. The number of hydrogen-bond acceptors (Lipinski definition) is 6. The zero-order valence-electron chi connectivity index (χ0n) is 18.4. The third-order valence-electron chi connectivity index (χ3n) is 5.21. The Morgan fingerprint density at radius 1 is 1.00 bits per heavy atom. The molecule has 1 saturated heterocycles. The van der Waals surface area contributed by atoms with E-state index in [2.05, 4.69) is 30.7 Å². The smallest absolute Gasteiger partial charge is 0.251 e. The maximum atomic E-state index is 13.0. The molecule has 12 heteroatoms. The molecule has 0 aliphatic carbocycles. The van der Waals surface area contributed by atoms with E-state index in [9.17, 15) is 15.1 Å². The molecule has 176 valence electrons. The molecule has 1 heterocycles. The molecular formula is C22H24N8O4. The lowest BCUT2D eigenvalue weighted by atomic mass is 9.91. The molecule has 0 saturated carbocycles. The van der Waals surface area contributed by atoms with Gasteiger partial charge < -0.3 is 20.1 Å². The largest absolute Gasteiger partial charge is 0.347 e. The molecular weight excluding hydrogens is 440 g/mol. The van der Waals surface area contributed by atoms with E-state index >= 15 is 0 Å². The van der Waals surface area contributed by atoms with Crippen LogP contribution in [0.3, 0.4) is 0 Å². The molecule has 0 radical (unpaired) electrons. The van der Waals surface area contributed by atoms with Crippen molar-refractivity contribution in [3.05, 3.63) is 92.7 Å². The standard InChI is InChI=1S/C22H24N8O4/c1-14(31)26-20-19(27-21(32)16-10-6-3-7-11-16)18(28-30-24)17(12-25-29-23)34-22(20)33-13-15-8-4-2-5-9-15/h2-11,17-20,22H,12-13H2,1H3,(H,26,31)(H,27,32)/t17-,18-,19-,20-,22+/m0/s1. The van der Waals surface area contributed by atoms with E-state index in [1.807, 2.05) is 30.3 Å². The number of benzene rings is 2. The molecule has 2 amide bonds. The number of carbonyl (C=O) groups excluding carboxylic acids is 2. The summed E-state index contributed by atoms with van der Waals surface area (Å²) < 4.78 is 12.0. The van der Waals surface area contributed by atoms with E-state index in [1.54, 1.807) is 30.3 Å². The number of amides is 2. The fraction of sp³-hybridized carbons (Fsp3) is 0.364. The van der Waals surface area contributed by atoms with E-state index in [0.717, 1.165) is 5.56 Å². The van der Waals surface area contributed by atoms with Crippen LogP contribution in [0.5, 0.6) is 0 Å². The summed E-state index contributed by atoms with van der Waals surface area (Å²) in [5.74, 6) is -0.834. The minimum Gasteiger partial charge on any atom is -0.347 e. The maximum absolute atomic E-state index is 13.0. The first-order chi connectivity index (χ1) is 16.5. The summed E-state index contributed by atoms with van der Waals surface area (Å²) in [4.78, 5) is 30.7. The van der Waals surface area contributed by atoms with Crippen LogP contribution in [-0.2, 0) is 20.9 Å². The first kappa shape index (κ1) is 24.6. The quantitative estimate of drug-likeness (QED) is 0.329. The molecule has 5 atom stereocenters. The Morgan fingerprint density at radius 3 is 2.29 bits per heavy atom. The van der Waals surface area contributed by atoms with Crippen molar-refractivity contribution in [3.63, 3.8) is 0 Å². The molecule has 2 aromatic carbocycles. The van der Waals surface area contributed by atoms with Crippen LogP contribution < -0.4 is 10.6 Å². The van der Waals surface area contributed by atoms with Gasteiger partial charge in [0.2, 0.25) is 5.91 Å². The molecule has 2 N–H and O–H groups in total. The van der Waals surface area contributed by atoms with Crippen molar-refractivity contribution in [2.24, 2.45) is 10.2 Å². The van der Waals surface area contributed by atoms with Crippen molar-refractivity contribution < 1.29 is 19.1 Å². The van der Waals surface area contributed by atoms with Crippen LogP contribution in [0.25, 0.3) is 20.9 Å². The van der Waals surface area contributed by atoms with Crippen molar-refractivity contribution in [1.29, 1.82) is 0 Å². The van der Waals surface area contributed by atoms with Gasteiger partial charge in [0.15, 0.2) is 6.29 Å². The van der Waals surface area contributed by atoms with Crippen molar-refractivity contribution >= 4 is 11.8 Å². The average Bonchev–Trinajstić information content (AvgIpc) is 2.85. The summed E-state index contributed by atoms with van der Waals surface area (Å²) in [6, 6.07) is 15.0.